The number of esters is 2. The number of hydrazine groups is 1. The second kappa shape index (κ2) is 8.37. The van der Waals surface area contributed by atoms with Crippen LogP contribution in [0.5, 0.6) is 0 Å². The maximum Gasteiger partial charge on any atom is 0.356 e. The average Bonchev–Trinajstić information content (AvgIpc) is 3.07. The number of carbonyl (C=O) groups excluding carboxylic acids is 2. The Bertz CT molecular complexity index is 735. The van der Waals surface area contributed by atoms with Gasteiger partial charge in [0.25, 0.3) is 0 Å². The molecule has 3 rings (SSSR count). The van der Waals surface area contributed by atoms with E-state index in [1.165, 1.54) is 11.8 Å². The van der Waals surface area contributed by atoms with Gasteiger partial charge in [0.1, 0.15) is 11.6 Å². The van der Waals surface area contributed by atoms with Crippen LogP contribution in [0.4, 0.5) is 0 Å². The molecule has 26 heavy (non-hydrogen) atoms. The van der Waals surface area contributed by atoms with Gasteiger partial charge < -0.3 is 9.47 Å². The van der Waals surface area contributed by atoms with Crippen LogP contribution < -0.4 is 5.43 Å². The quantitative estimate of drug-likeness (QED) is 0.761. The Kier molecular flexibility index (Phi) is 5.95. The van der Waals surface area contributed by atoms with E-state index in [0.29, 0.717) is 13.2 Å². The van der Waals surface area contributed by atoms with E-state index in [2.05, 4.69) is 10.4 Å². The SMILES string of the molecule is CCOC(=O)C1=NC2C(C(=O)OCC)CNN2C(Sc2ccccc2)=C1. The molecule has 7 nitrogen and oxygen atoms in total. The minimum atomic E-state index is -0.537. The summed E-state index contributed by atoms with van der Waals surface area (Å²) >= 11 is 1.49. The summed E-state index contributed by atoms with van der Waals surface area (Å²) in [4.78, 5) is 30.0. The van der Waals surface area contributed by atoms with Crippen molar-refractivity contribution in [2.45, 2.75) is 24.9 Å². The largest absolute Gasteiger partial charge is 0.466 e. The van der Waals surface area contributed by atoms with Crippen LogP contribution in [0.15, 0.2) is 51.3 Å². The fourth-order valence-electron chi connectivity index (χ4n) is 2.76. The Balaban J connectivity index is 1.89. The Morgan fingerprint density at radius 1 is 1.23 bits per heavy atom. The molecule has 0 aromatic heterocycles. The van der Waals surface area contributed by atoms with E-state index in [-0.39, 0.29) is 18.3 Å². The molecule has 1 aromatic rings. The minimum Gasteiger partial charge on any atom is -0.466 e. The zero-order chi connectivity index (χ0) is 18.5. The summed E-state index contributed by atoms with van der Waals surface area (Å²) < 4.78 is 10.2. The van der Waals surface area contributed by atoms with Crippen molar-refractivity contribution in [1.29, 1.82) is 0 Å². The number of ether oxygens (including phenoxy) is 2. The number of hydrogen-bond acceptors (Lipinski definition) is 8. The molecule has 0 radical (unpaired) electrons. The van der Waals surface area contributed by atoms with E-state index in [1.807, 2.05) is 35.3 Å². The van der Waals surface area contributed by atoms with E-state index in [0.717, 1.165) is 9.92 Å². The summed E-state index contributed by atoms with van der Waals surface area (Å²) in [5, 5.41) is 2.60. The molecule has 2 aliphatic rings. The molecule has 2 aliphatic heterocycles. The lowest BCUT2D eigenvalue weighted by Crippen LogP contribution is -2.41. The predicted molar refractivity (Wildman–Crippen MR) is 98.2 cm³/mol. The first-order chi connectivity index (χ1) is 12.6. The zero-order valence-electron chi connectivity index (χ0n) is 14.7. The van der Waals surface area contributed by atoms with Crippen molar-refractivity contribution in [3.63, 3.8) is 0 Å². The molecule has 2 heterocycles. The highest BCUT2D eigenvalue weighted by molar-refractivity contribution is 8.03. The van der Waals surface area contributed by atoms with Gasteiger partial charge in [-0.2, -0.15) is 0 Å². The Morgan fingerprint density at radius 2 is 1.96 bits per heavy atom. The number of nitrogens with zero attached hydrogens (tertiary/aromatic N) is 2. The van der Waals surface area contributed by atoms with E-state index >= 15 is 0 Å². The van der Waals surface area contributed by atoms with Gasteiger partial charge in [0, 0.05) is 17.5 Å². The number of benzene rings is 1. The summed E-state index contributed by atoms with van der Waals surface area (Å²) in [6.07, 6.45) is 1.15. The molecule has 0 spiro atoms. The fourth-order valence-corrected chi connectivity index (χ4v) is 3.73. The molecule has 2 unspecified atom stereocenters. The van der Waals surface area contributed by atoms with Crippen LogP contribution in [0, 0.1) is 5.92 Å². The van der Waals surface area contributed by atoms with Gasteiger partial charge in [-0.1, -0.05) is 30.0 Å². The first-order valence-electron chi connectivity index (χ1n) is 8.53. The van der Waals surface area contributed by atoms with Crippen molar-refractivity contribution in [3.8, 4) is 0 Å². The van der Waals surface area contributed by atoms with Crippen LogP contribution in [0.25, 0.3) is 0 Å². The molecule has 1 N–H and O–H groups in total. The summed E-state index contributed by atoms with van der Waals surface area (Å²) in [6.45, 7) is 4.48. The number of thioether (sulfide) groups is 1. The van der Waals surface area contributed by atoms with Gasteiger partial charge in [0.15, 0.2) is 6.17 Å². The Labute approximate surface area is 156 Å². The number of rotatable bonds is 6. The molecule has 2 atom stereocenters. The van der Waals surface area contributed by atoms with Crippen molar-refractivity contribution < 1.29 is 19.1 Å². The Hall–Kier alpha value is -2.32. The van der Waals surface area contributed by atoms with Crippen LogP contribution in [0.3, 0.4) is 0 Å². The number of aliphatic imine (C=N–C) groups is 1. The molecular formula is C18H21N3O4S. The monoisotopic (exact) mass is 375 g/mol. The highest BCUT2D eigenvalue weighted by Crippen LogP contribution is 2.36. The summed E-state index contributed by atoms with van der Waals surface area (Å²) in [5.74, 6) is -1.31. The summed E-state index contributed by atoms with van der Waals surface area (Å²) in [7, 11) is 0. The average molecular weight is 375 g/mol. The number of fused-ring (bicyclic) bond motifs is 1. The topological polar surface area (TPSA) is 80.2 Å². The molecule has 1 aromatic carbocycles. The molecular weight excluding hydrogens is 354 g/mol. The lowest BCUT2D eigenvalue weighted by atomic mass is 10.1. The lowest BCUT2D eigenvalue weighted by Gasteiger charge is -2.30. The maximum absolute atomic E-state index is 12.3. The predicted octanol–water partition coefficient (Wildman–Crippen LogP) is 1.96. The van der Waals surface area contributed by atoms with E-state index < -0.39 is 18.1 Å². The van der Waals surface area contributed by atoms with Gasteiger partial charge in [-0.25, -0.2) is 10.2 Å². The molecule has 1 fully saturated rings. The highest BCUT2D eigenvalue weighted by atomic mass is 32.2. The van der Waals surface area contributed by atoms with Crippen LogP contribution in [-0.4, -0.2) is 48.6 Å². The third-order valence-corrected chi connectivity index (χ3v) is 4.95. The molecule has 0 aliphatic carbocycles. The van der Waals surface area contributed by atoms with Gasteiger partial charge in [-0.05, 0) is 26.0 Å². The molecule has 0 amide bonds. The third kappa shape index (κ3) is 3.91. The van der Waals surface area contributed by atoms with Crippen molar-refractivity contribution in [2.75, 3.05) is 19.8 Å². The van der Waals surface area contributed by atoms with Gasteiger partial charge in [-0.3, -0.25) is 14.8 Å². The molecule has 1 saturated heterocycles. The molecule has 8 heteroatoms. The van der Waals surface area contributed by atoms with Gasteiger partial charge in [0.05, 0.1) is 18.2 Å². The van der Waals surface area contributed by atoms with Crippen molar-refractivity contribution >= 4 is 29.4 Å². The molecule has 0 saturated carbocycles. The van der Waals surface area contributed by atoms with Crippen molar-refractivity contribution in [1.82, 2.24) is 10.4 Å². The van der Waals surface area contributed by atoms with Crippen molar-refractivity contribution in [3.05, 3.63) is 41.4 Å². The summed E-state index contributed by atoms with van der Waals surface area (Å²) in [6, 6.07) is 9.80. The van der Waals surface area contributed by atoms with Crippen LogP contribution in [0.2, 0.25) is 0 Å². The van der Waals surface area contributed by atoms with Gasteiger partial charge in [-0.15, -0.1) is 0 Å². The molecule has 0 bridgehead atoms. The second-order valence-electron chi connectivity index (χ2n) is 5.64. The summed E-state index contributed by atoms with van der Waals surface area (Å²) in [5.41, 5.74) is 3.41. The van der Waals surface area contributed by atoms with Gasteiger partial charge in [0.2, 0.25) is 0 Å². The fraction of sp³-hybridized carbons (Fsp3) is 0.389. The first kappa shape index (κ1) is 18.5. The first-order valence-corrected chi connectivity index (χ1v) is 9.34. The Morgan fingerprint density at radius 3 is 2.65 bits per heavy atom. The second-order valence-corrected chi connectivity index (χ2v) is 6.73. The molecule has 138 valence electrons. The van der Waals surface area contributed by atoms with Crippen LogP contribution >= 0.6 is 11.8 Å². The lowest BCUT2D eigenvalue weighted by molar-refractivity contribution is -0.148. The van der Waals surface area contributed by atoms with E-state index in [1.54, 1.807) is 19.9 Å². The normalized spacial score (nSPS) is 21.5. The maximum atomic E-state index is 12.3. The minimum absolute atomic E-state index is 0.213. The number of hydrogen-bond donors (Lipinski definition) is 1. The highest BCUT2D eigenvalue weighted by Gasteiger charge is 2.43. The van der Waals surface area contributed by atoms with Gasteiger partial charge >= 0.3 is 11.9 Å². The van der Waals surface area contributed by atoms with E-state index in [4.69, 9.17) is 9.47 Å². The smallest absolute Gasteiger partial charge is 0.356 e. The van der Waals surface area contributed by atoms with E-state index in [9.17, 15) is 9.59 Å². The van der Waals surface area contributed by atoms with Crippen molar-refractivity contribution in [2.24, 2.45) is 10.9 Å². The van der Waals surface area contributed by atoms with Crippen LogP contribution in [0.1, 0.15) is 13.8 Å². The number of nitrogens with one attached hydrogen (secondary N) is 1. The van der Waals surface area contributed by atoms with Crippen LogP contribution in [-0.2, 0) is 19.1 Å². The zero-order valence-corrected chi connectivity index (χ0v) is 15.5. The number of carbonyl (C=O) groups is 2. The third-order valence-electron chi connectivity index (χ3n) is 3.91. The standard InChI is InChI=1S/C18H21N3O4S/c1-3-24-17(22)13-11-19-21-15(26-12-8-6-5-7-9-12)10-14(20-16(13)21)18(23)25-4-2/h5-10,13,16,19H,3-4,11H2,1-2H3.